The maximum Gasteiger partial charge on any atom is 0.212 e. The van der Waals surface area contributed by atoms with Crippen molar-refractivity contribution in [2.75, 3.05) is 0 Å². The fourth-order valence-electron chi connectivity index (χ4n) is 9.01. The lowest BCUT2D eigenvalue weighted by atomic mass is 9.95. The Bertz CT molecular complexity index is 3510. The van der Waals surface area contributed by atoms with Gasteiger partial charge in [0, 0.05) is 67.5 Å². The van der Waals surface area contributed by atoms with E-state index in [1.165, 1.54) is 40.3 Å². The summed E-state index contributed by atoms with van der Waals surface area (Å²) in [7, 11) is 0. The van der Waals surface area contributed by atoms with E-state index in [0.29, 0.717) is 11.3 Å². The van der Waals surface area contributed by atoms with Crippen molar-refractivity contribution in [3.8, 4) is 28.6 Å². The van der Waals surface area contributed by atoms with Gasteiger partial charge in [0.1, 0.15) is 6.07 Å². The first-order chi connectivity index (χ1) is 27.7. The molecule has 0 saturated carbocycles. The number of rotatable bonds is 3. The Labute approximate surface area is 328 Å². The Morgan fingerprint density at radius 1 is 0.446 bits per heavy atom. The summed E-state index contributed by atoms with van der Waals surface area (Å²) in [4.78, 5) is 4.22. The summed E-state index contributed by atoms with van der Waals surface area (Å²) in [5.74, 6) is 0. The first kappa shape index (κ1) is 31.2. The highest BCUT2D eigenvalue weighted by Gasteiger charge is 2.28. The number of para-hydroxylation sites is 2. The molecule has 258 valence electrons. The Morgan fingerprint density at radius 3 is 1.46 bits per heavy atom. The van der Waals surface area contributed by atoms with Crippen LogP contribution in [0.4, 0.5) is 5.69 Å². The molecule has 12 rings (SSSR count). The number of fused-ring (bicyclic) bond motifs is 12. The summed E-state index contributed by atoms with van der Waals surface area (Å²) in [6.45, 7) is 8.70. The van der Waals surface area contributed by atoms with E-state index >= 15 is 0 Å². The van der Waals surface area contributed by atoms with Crippen LogP contribution in [0, 0.1) is 17.9 Å². The van der Waals surface area contributed by atoms with Crippen molar-refractivity contribution in [3.05, 3.63) is 175 Å². The highest BCUT2D eigenvalue weighted by atomic mass is 32.1. The molecule has 0 aliphatic heterocycles. The lowest BCUT2D eigenvalue weighted by molar-refractivity contribution is 1.13. The summed E-state index contributed by atoms with van der Waals surface area (Å²) in [6.07, 6.45) is 0. The third-order valence-corrected chi connectivity index (χ3v) is 13.6. The average Bonchev–Trinajstić information content (AvgIpc) is 3.99. The molecule has 4 aromatic heterocycles. The van der Waals surface area contributed by atoms with Gasteiger partial charge >= 0.3 is 0 Å². The molecule has 0 atom stereocenters. The van der Waals surface area contributed by atoms with Crippen molar-refractivity contribution in [1.29, 1.82) is 5.26 Å². The van der Waals surface area contributed by atoms with E-state index in [9.17, 15) is 5.26 Å². The van der Waals surface area contributed by atoms with Crippen LogP contribution in [0.3, 0.4) is 0 Å². The molecule has 0 radical (unpaired) electrons. The zero-order chi connectivity index (χ0) is 37.1. The van der Waals surface area contributed by atoms with E-state index in [4.69, 9.17) is 6.57 Å². The number of hydrogen-bond acceptors (Lipinski definition) is 3. The maximum atomic E-state index is 11.1. The molecule has 0 saturated heterocycles. The molecule has 12 aromatic rings. The zero-order valence-electron chi connectivity index (χ0n) is 29.6. The van der Waals surface area contributed by atoms with Gasteiger partial charge in [-0.2, -0.15) is 5.26 Å². The van der Waals surface area contributed by atoms with Crippen LogP contribution >= 0.6 is 22.7 Å². The maximum absolute atomic E-state index is 11.1. The van der Waals surface area contributed by atoms with Crippen molar-refractivity contribution in [3.63, 3.8) is 0 Å². The van der Waals surface area contributed by atoms with Gasteiger partial charge in [-0.05, 0) is 60.2 Å². The fourth-order valence-corrected chi connectivity index (χ4v) is 11.3. The van der Waals surface area contributed by atoms with Gasteiger partial charge in [-0.15, -0.1) is 22.7 Å². The minimum atomic E-state index is 0.425. The number of nitriles is 1. The van der Waals surface area contributed by atoms with Gasteiger partial charge in [-0.25, -0.2) is 4.85 Å². The van der Waals surface area contributed by atoms with Crippen LogP contribution in [0.2, 0.25) is 0 Å². The minimum Gasteiger partial charge on any atom is -0.318 e. The minimum absolute atomic E-state index is 0.425. The number of thiophene rings is 2. The Kier molecular flexibility index (Phi) is 6.48. The molecule has 4 heterocycles. The lowest BCUT2D eigenvalue weighted by Crippen LogP contribution is -2.06. The molecule has 0 spiro atoms. The molecule has 56 heavy (non-hydrogen) atoms. The smallest absolute Gasteiger partial charge is 0.212 e. The molecule has 0 aliphatic rings. The van der Waals surface area contributed by atoms with Crippen molar-refractivity contribution < 1.29 is 0 Å². The second-order valence-electron chi connectivity index (χ2n) is 14.2. The van der Waals surface area contributed by atoms with Crippen LogP contribution in [0.15, 0.2) is 158 Å². The van der Waals surface area contributed by atoms with E-state index in [1.54, 1.807) is 0 Å². The molecule has 0 bridgehead atoms. The Morgan fingerprint density at radius 2 is 0.929 bits per heavy atom. The first-order valence-electron chi connectivity index (χ1n) is 18.4. The predicted molar refractivity (Wildman–Crippen MR) is 237 cm³/mol. The van der Waals surface area contributed by atoms with Gasteiger partial charge < -0.3 is 9.13 Å². The normalized spacial score (nSPS) is 11.9. The average molecular weight is 747 g/mol. The molecule has 8 aromatic carbocycles. The van der Waals surface area contributed by atoms with Crippen molar-refractivity contribution >= 4 is 112 Å². The number of benzene rings is 8. The topological polar surface area (TPSA) is 38.0 Å². The first-order valence-corrected chi connectivity index (χ1v) is 20.1. The zero-order valence-corrected chi connectivity index (χ0v) is 31.2. The monoisotopic (exact) mass is 746 g/mol. The summed E-state index contributed by atoms with van der Waals surface area (Å²) in [6, 6.07) is 58.1. The molecule has 4 nitrogen and oxygen atoms in total. The number of hydrogen-bond donors (Lipinski definition) is 0. The Balaban J connectivity index is 1.31. The summed E-state index contributed by atoms with van der Waals surface area (Å²) < 4.78 is 9.52. The van der Waals surface area contributed by atoms with Gasteiger partial charge in [0.2, 0.25) is 5.69 Å². The van der Waals surface area contributed by atoms with Crippen LogP contribution in [-0.2, 0) is 0 Å². The van der Waals surface area contributed by atoms with Crippen LogP contribution in [0.25, 0.3) is 111 Å². The predicted octanol–water partition coefficient (Wildman–Crippen LogP) is 14.7. The molecule has 0 N–H and O–H groups in total. The highest BCUT2D eigenvalue weighted by Crippen LogP contribution is 2.49. The van der Waals surface area contributed by atoms with E-state index in [-0.39, 0.29) is 0 Å². The van der Waals surface area contributed by atoms with E-state index < -0.39 is 0 Å². The van der Waals surface area contributed by atoms with Crippen molar-refractivity contribution in [2.24, 2.45) is 0 Å². The van der Waals surface area contributed by atoms with E-state index in [2.05, 4.69) is 154 Å². The lowest BCUT2D eigenvalue weighted by Gasteiger charge is -2.23. The van der Waals surface area contributed by atoms with Crippen molar-refractivity contribution in [1.82, 2.24) is 9.13 Å². The summed E-state index contributed by atoms with van der Waals surface area (Å²) in [5.41, 5.74) is 8.23. The molecule has 0 unspecified atom stereocenters. The van der Waals surface area contributed by atoms with Crippen molar-refractivity contribution in [2.45, 2.75) is 0 Å². The fraction of sp³-hybridized carbons (Fsp3) is 0. The standard InChI is InChI=1S/C50H26N4S2/c1-52-39-23-30(28-51)49(53-40-19-9-5-15-31(40)35-26-46-37(24-42(35)53)33-17-7-11-21-44(33)55-46)48(29-13-3-2-4-14-29)50(39)54-41-20-10-6-16-32(41)36-27-47-38(25-43(36)54)34-18-8-12-22-45(34)56-47/h2-27H. The SMILES string of the molecule is [C-]#[N+]c1cc(C#N)c(-n2c3ccccc3c3cc4sc5ccccc5c4cc32)c(-c2ccccc2)c1-n1c2ccccc2c2cc3sc4ccccc4c3cc21. The number of aromatic nitrogens is 2. The molecule has 0 amide bonds. The van der Waals surface area contributed by atoms with Gasteiger partial charge in [0.25, 0.3) is 0 Å². The van der Waals surface area contributed by atoms with Gasteiger partial charge in [0.05, 0.1) is 45.6 Å². The third kappa shape index (κ3) is 4.20. The quantitative estimate of drug-likeness (QED) is 0.166. The molecule has 0 aliphatic carbocycles. The van der Waals surface area contributed by atoms with Gasteiger partial charge in [0.15, 0.2) is 0 Å². The molecular formula is C50H26N4S2. The van der Waals surface area contributed by atoms with Crippen LogP contribution in [0.1, 0.15) is 5.56 Å². The second-order valence-corrected chi connectivity index (χ2v) is 16.4. The largest absolute Gasteiger partial charge is 0.318 e. The molecule has 6 heteroatoms. The van der Waals surface area contributed by atoms with Crippen LogP contribution < -0.4 is 0 Å². The van der Waals surface area contributed by atoms with Gasteiger partial charge in [-0.1, -0.05) is 103 Å². The van der Waals surface area contributed by atoms with E-state index in [1.807, 2.05) is 46.9 Å². The summed E-state index contributed by atoms with van der Waals surface area (Å²) >= 11 is 3.62. The molecular weight excluding hydrogens is 721 g/mol. The van der Waals surface area contributed by atoms with Gasteiger partial charge in [-0.3, -0.25) is 0 Å². The van der Waals surface area contributed by atoms with Crippen LogP contribution in [0.5, 0.6) is 0 Å². The summed E-state index contributed by atoms with van der Waals surface area (Å²) in [5, 5.41) is 20.4. The van der Waals surface area contributed by atoms with Crippen LogP contribution in [-0.4, -0.2) is 9.13 Å². The third-order valence-electron chi connectivity index (χ3n) is 11.3. The Hall–Kier alpha value is -7.22. The number of nitrogens with zero attached hydrogens (tertiary/aromatic N) is 4. The highest BCUT2D eigenvalue weighted by molar-refractivity contribution is 7.26. The molecule has 0 fully saturated rings. The second kappa shape index (κ2) is 11.6. The van der Waals surface area contributed by atoms with E-state index in [0.717, 1.165) is 66.1 Å².